The quantitative estimate of drug-likeness (QED) is 0.653. The van der Waals surface area contributed by atoms with Gasteiger partial charge in [-0.25, -0.2) is 9.59 Å². The maximum absolute atomic E-state index is 11.4. The highest BCUT2D eigenvalue weighted by Crippen LogP contribution is 2.20. The number of carbonyl (C=O) groups excluding carboxylic acids is 1. The molecule has 0 saturated heterocycles. The van der Waals surface area contributed by atoms with Gasteiger partial charge >= 0.3 is 11.6 Å². The second-order valence-corrected chi connectivity index (χ2v) is 3.59. The Balaban J connectivity index is 2.49. The Morgan fingerprint density at radius 3 is 2.87 bits per heavy atom. The molecule has 4 nitrogen and oxygen atoms in total. The van der Waals surface area contributed by atoms with Gasteiger partial charge in [-0.1, -0.05) is 0 Å². The van der Waals surface area contributed by atoms with Crippen molar-refractivity contribution in [2.45, 2.75) is 25.7 Å². The van der Waals surface area contributed by atoms with Gasteiger partial charge in [0.15, 0.2) is 0 Å². The van der Waals surface area contributed by atoms with Gasteiger partial charge in [-0.15, -0.1) is 0 Å². The van der Waals surface area contributed by atoms with Crippen LogP contribution >= 0.6 is 0 Å². The van der Waals surface area contributed by atoms with Crippen LogP contribution in [0.1, 0.15) is 34.5 Å². The van der Waals surface area contributed by atoms with E-state index in [4.69, 9.17) is 4.42 Å². The summed E-state index contributed by atoms with van der Waals surface area (Å²) in [5.74, 6) is 0.0935. The summed E-state index contributed by atoms with van der Waals surface area (Å²) in [6.45, 7) is 0. The van der Waals surface area contributed by atoms with Crippen molar-refractivity contribution in [1.82, 2.24) is 0 Å². The molecule has 0 fully saturated rings. The molecule has 2 rings (SSSR count). The van der Waals surface area contributed by atoms with E-state index in [1.807, 2.05) is 0 Å². The summed E-state index contributed by atoms with van der Waals surface area (Å²) in [4.78, 5) is 22.7. The molecule has 0 spiro atoms. The molecule has 1 aromatic rings. The average molecular weight is 208 g/mol. The molecule has 0 N–H and O–H groups in total. The van der Waals surface area contributed by atoms with E-state index >= 15 is 0 Å². The van der Waals surface area contributed by atoms with Crippen LogP contribution in [-0.4, -0.2) is 13.1 Å². The van der Waals surface area contributed by atoms with Crippen molar-refractivity contribution >= 4 is 5.97 Å². The first-order chi connectivity index (χ1) is 7.22. The van der Waals surface area contributed by atoms with Gasteiger partial charge < -0.3 is 9.15 Å². The van der Waals surface area contributed by atoms with Crippen molar-refractivity contribution in [3.05, 3.63) is 33.4 Å². The van der Waals surface area contributed by atoms with Crippen molar-refractivity contribution in [3.8, 4) is 0 Å². The van der Waals surface area contributed by atoms with E-state index in [1.54, 1.807) is 6.07 Å². The van der Waals surface area contributed by atoms with Crippen molar-refractivity contribution < 1.29 is 13.9 Å². The van der Waals surface area contributed by atoms with E-state index < -0.39 is 11.6 Å². The second kappa shape index (κ2) is 3.88. The number of carbonyl (C=O) groups is 1. The SMILES string of the molecule is COC(=O)c1cc2c(oc1=O)CCCC2. The number of esters is 1. The predicted molar refractivity (Wildman–Crippen MR) is 53.0 cm³/mol. The van der Waals surface area contributed by atoms with Gasteiger partial charge in [0.1, 0.15) is 11.3 Å². The van der Waals surface area contributed by atoms with Gasteiger partial charge in [0.2, 0.25) is 0 Å². The molecule has 0 amide bonds. The molecule has 1 aromatic heterocycles. The van der Waals surface area contributed by atoms with Crippen LogP contribution in [0.15, 0.2) is 15.3 Å². The van der Waals surface area contributed by atoms with Gasteiger partial charge in [-0.3, -0.25) is 0 Å². The topological polar surface area (TPSA) is 56.5 Å². The number of aryl methyl sites for hydroxylation is 2. The summed E-state index contributed by atoms with van der Waals surface area (Å²) in [7, 11) is 1.25. The minimum atomic E-state index is -0.628. The molecular formula is C11H12O4. The van der Waals surface area contributed by atoms with Crippen molar-refractivity contribution in [1.29, 1.82) is 0 Å². The van der Waals surface area contributed by atoms with E-state index in [2.05, 4.69) is 4.74 Å². The molecule has 0 saturated carbocycles. The number of rotatable bonds is 1. The zero-order valence-electron chi connectivity index (χ0n) is 8.54. The maximum atomic E-state index is 11.4. The van der Waals surface area contributed by atoms with Crippen molar-refractivity contribution in [2.75, 3.05) is 7.11 Å². The number of fused-ring (bicyclic) bond motifs is 1. The molecule has 0 radical (unpaired) electrons. The van der Waals surface area contributed by atoms with E-state index in [-0.39, 0.29) is 5.56 Å². The Labute approximate surface area is 86.9 Å². The number of hydrogen-bond acceptors (Lipinski definition) is 4. The summed E-state index contributed by atoms with van der Waals surface area (Å²) < 4.78 is 9.61. The second-order valence-electron chi connectivity index (χ2n) is 3.59. The van der Waals surface area contributed by atoms with Crippen LogP contribution in [0.3, 0.4) is 0 Å². The van der Waals surface area contributed by atoms with Crippen LogP contribution in [0.2, 0.25) is 0 Å². The lowest BCUT2D eigenvalue weighted by Crippen LogP contribution is -2.18. The summed E-state index contributed by atoms with van der Waals surface area (Å²) in [6, 6.07) is 1.60. The Hall–Kier alpha value is -1.58. The third-order valence-electron chi connectivity index (χ3n) is 2.62. The Morgan fingerprint density at radius 2 is 2.13 bits per heavy atom. The van der Waals surface area contributed by atoms with Gasteiger partial charge in [-0.2, -0.15) is 0 Å². The lowest BCUT2D eigenvalue weighted by atomic mass is 9.96. The Morgan fingerprint density at radius 1 is 1.40 bits per heavy atom. The third kappa shape index (κ3) is 1.79. The largest absolute Gasteiger partial charge is 0.465 e. The molecule has 80 valence electrons. The molecule has 0 unspecified atom stereocenters. The molecule has 0 aromatic carbocycles. The average Bonchev–Trinajstić information content (AvgIpc) is 2.27. The first kappa shape index (κ1) is 9.96. The molecule has 15 heavy (non-hydrogen) atoms. The molecule has 0 aliphatic heterocycles. The van der Waals surface area contributed by atoms with Crippen molar-refractivity contribution in [3.63, 3.8) is 0 Å². The number of hydrogen-bond donors (Lipinski definition) is 0. The smallest absolute Gasteiger partial charge is 0.350 e. The van der Waals surface area contributed by atoms with Gasteiger partial charge in [0.25, 0.3) is 0 Å². The van der Waals surface area contributed by atoms with E-state index in [0.29, 0.717) is 0 Å². The minimum Gasteiger partial charge on any atom is -0.465 e. The fraction of sp³-hybridized carbons (Fsp3) is 0.455. The van der Waals surface area contributed by atoms with Crippen LogP contribution in [0.5, 0.6) is 0 Å². The van der Waals surface area contributed by atoms with Crippen molar-refractivity contribution in [2.24, 2.45) is 0 Å². The predicted octanol–water partition coefficient (Wildman–Crippen LogP) is 1.31. The van der Waals surface area contributed by atoms with Crippen LogP contribution in [0.4, 0.5) is 0 Å². The zero-order chi connectivity index (χ0) is 10.8. The highest BCUT2D eigenvalue weighted by atomic mass is 16.5. The van der Waals surface area contributed by atoms with Crippen LogP contribution in [0, 0.1) is 0 Å². The molecular weight excluding hydrogens is 196 g/mol. The van der Waals surface area contributed by atoms with Crippen LogP contribution in [0.25, 0.3) is 0 Å². The molecule has 1 aliphatic carbocycles. The molecule has 1 aliphatic rings. The summed E-state index contributed by atoms with van der Waals surface area (Å²) in [5, 5.41) is 0. The minimum absolute atomic E-state index is 0.00171. The van der Waals surface area contributed by atoms with Gasteiger partial charge in [0.05, 0.1) is 7.11 Å². The van der Waals surface area contributed by atoms with Crippen LogP contribution in [-0.2, 0) is 17.6 Å². The molecule has 1 heterocycles. The summed E-state index contributed by atoms with van der Waals surface area (Å²) >= 11 is 0. The summed E-state index contributed by atoms with van der Waals surface area (Å²) in [6.07, 6.45) is 3.75. The maximum Gasteiger partial charge on any atom is 0.350 e. The number of ether oxygens (including phenoxy) is 1. The fourth-order valence-corrected chi connectivity index (χ4v) is 1.82. The van der Waals surface area contributed by atoms with Gasteiger partial charge in [0, 0.05) is 6.42 Å². The molecule has 0 atom stereocenters. The Kier molecular flexibility index (Phi) is 2.58. The summed E-state index contributed by atoms with van der Waals surface area (Å²) in [5.41, 5.74) is 0.363. The zero-order valence-corrected chi connectivity index (χ0v) is 8.54. The first-order valence-electron chi connectivity index (χ1n) is 4.96. The third-order valence-corrected chi connectivity index (χ3v) is 2.62. The normalized spacial score (nSPS) is 14.5. The lowest BCUT2D eigenvalue weighted by molar-refractivity contribution is 0.0595. The van der Waals surface area contributed by atoms with Crippen LogP contribution < -0.4 is 5.63 Å². The van der Waals surface area contributed by atoms with E-state index in [9.17, 15) is 9.59 Å². The molecule has 0 bridgehead atoms. The Bertz CT molecular complexity index is 444. The first-order valence-corrected chi connectivity index (χ1v) is 4.96. The monoisotopic (exact) mass is 208 g/mol. The highest BCUT2D eigenvalue weighted by molar-refractivity contribution is 5.88. The standard InChI is InChI=1S/C11H12O4/c1-14-10(12)8-6-7-4-2-3-5-9(7)15-11(8)13/h6H,2-5H2,1H3. The lowest BCUT2D eigenvalue weighted by Gasteiger charge is -2.13. The van der Waals surface area contributed by atoms with Gasteiger partial charge in [-0.05, 0) is 30.9 Å². The van der Waals surface area contributed by atoms with E-state index in [0.717, 1.165) is 37.0 Å². The fourth-order valence-electron chi connectivity index (χ4n) is 1.82. The molecule has 4 heteroatoms. The number of methoxy groups -OCH3 is 1. The van der Waals surface area contributed by atoms with E-state index in [1.165, 1.54) is 7.11 Å². The highest BCUT2D eigenvalue weighted by Gasteiger charge is 2.19.